The molecular formula is C32H29BN2O4. The van der Waals surface area contributed by atoms with Crippen molar-refractivity contribution in [3.63, 3.8) is 0 Å². The Morgan fingerprint density at radius 3 is 1.85 bits per heavy atom. The number of carbonyl (C=O) groups is 1. The van der Waals surface area contributed by atoms with Crippen LogP contribution in [0.4, 0.5) is 0 Å². The lowest BCUT2D eigenvalue weighted by Crippen LogP contribution is -2.53. The Labute approximate surface area is 228 Å². The second-order valence-corrected chi connectivity index (χ2v) is 9.36. The van der Waals surface area contributed by atoms with E-state index in [0.29, 0.717) is 11.0 Å². The van der Waals surface area contributed by atoms with E-state index in [2.05, 4.69) is 46.7 Å². The van der Waals surface area contributed by atoms with Crippen molar-refractivity contribution in [1.82, 2.24) is 10.3 Å². The van der Waals surface area contributed by atoms with Crippen LogP contribution < -0.4 is 10.8 Å². The summed E-state index contributed by atoms with van der Waals surface area (Å²) in [4.78, 5) is 17.8. The van der Waals surface area contributed by atoms with Gasteiger partial charge in [0.1, 0.15) is 6.04 Å². The van der Waals surface area contributed by atoms with Gasteiger partial charge in [-0.15, -0.1) is 0 Å². The van der Waals surface area contributed by atoms with Crippen molar-refractivity contribution in [2.45, 2.75) is 18.0 Å². The maximum absolute atomic E-state index is 13.4. The summed E-state index contributed by atoms with van der Waals surface area (Å²) in [5, 5.41) is 24.2. The van der Waals surface area contributed by atoms with Crippen LogP contribution in [0.2, 0.25) is 0 Å². The molecule has 7 heteroatoms. The van der Waals surface area contributed by atoms with Crippen LogP contribution in [-0.4, -0.2) is 41.3 Å². The number of fused-ring (bicyclic) bond motifs is 1. The summed E-state index contributed by atoms with van der Waals surface area (Å²) < 4.78 is 5.32. The zero-order chi connectivity index (χ0) is 27.2. The molecule has 194 valence electrons. The highest BCUT2D eigenvalue weighted by atomic mass is 16.5. The first-order chi connectivity index (χ1) is 19.0. The van der Waals surface area contributed by atoms with Crippen LogP contribution in [0.1, 0.15) is 22.3 Å². The van der Waals surface area contributed by atoms with E-state index in [1.165, 1.54) is 7.11 Å². The SMILES string of the molecule is COC(=O)C(Cc1ccc(B(O)O)c2ncccc12)NC(c1ccccc1)(c1ccccc1)c1ccccc1. The molecule has 39 heavy (non-hydrogen) atoms. The largest absolute Gasteiger partial charge is 0.490 e. The van der Waals surface area contributed by atoms with E-state index in [0.717, 1.165) is 27.6 Å². The van der Waals surface area contributed by atoms with Gasteiger partial charge in [-0.3, -0.25) is 15.1 Å². The van der Waals surface area contributed by atoms with Gasteiger partial charge in [0.25, 0.3) is 0 Å². The molecule has 4 aromatic carbocycles. The number of benzene rings is 4. The summed E-state index contributed by atoms with van der Waals surface area (Å²) >= 11 is 0. The molecule has 0 saturated carbocycles. The Kier molecular flexibility index (Phi) is 7.84. The third-order valence-electron chi connectivity index (χ3n) is 7.09. The van der Waals surface area contributed by atoms with Gasteiger partial charge >= 0.3 is 13.1 Å². The van der Waals surface area contributed by atoms with Gasteiger partial charge in [-0.1, -0.05) is 109 Å². The Hall–Kier alpha value is -4.30. The first kappa shape index (κ1) is 26.3. The van der Waals surface area contributed by atoms with Crippen LogP contribution in [0.25, 0.3) is 10.9 Å². The molecule has 3 N–H and O–H groups in total. The number of hydrogen-bond donors (Lipinski definition) is 3. The topological polar surface area (TPSA) is 91.7 Å². The second-order valence-electron chi connectivity index (χ2n) is 9.36. The number of hydrogen-bond acceptors (Lipinski definition) is 6. The Bertz CT molecular complexity index is 1450. The first-order valence-corrected chi connectivity index (χ1v) is 12.8. The predicted molar refractivity (Wildman–Crippen MR) is 153 cm³/mol. The molecule has 1 aromatic heterocycles. The number of ether oxygens (including phenoxy) is 1. The molecule has 1 atom stereocenters. The van der Waals surface area contributed by atoms with E-state index in [9.17, 15) is 14.8 Å². The number of nitrogens with one attached hydrogen (secondary N) is 1. The lowest BCUT2D eigenvalue weighted by molar-refractivity contribution is -0.143. The van der Waals surface area contributed by atoms with Gasteiger partial charge < -0.3 is 14.8 Å². The van der Waals surface area contributed by atoms with Crippen molar-refractivity contribution in [3.8, 4) is 0 Å². The number of rotatable bonds is 9. The number of carbonyl (C=O) groups excluding carboxylic acids is 1. The second kappa shape index (κ2) is 11.6. The fourth-order valence-electron chi connectivity index (χ4n) is 5.27. The van der Waals surface area contributed by atoms with Crippen molar-refractivity contribution in [2.75, 3.05) is 7.11 Å². The molecule has 0 saturated heterocycles. The maximum Gasteiger partial charge on any atom is 0.490 e. The minimum atomic E-state index is -1.66. The highest BCUT2D eigenvalue weighted by molar-refractivity contribution is 6.61. The lowest BCUT2D eigenvalue weighted by atomic mass is 9.75. The zero-order valence-corrected chi connectivity index (χ0v) is 21.6. The molecule has 0 amide bonds. The van der Waals surface area contributed by atoms with E-state index in [4.69, 9.17) is 4.74 Å². The number of aromatic nitrogens is 1. The fraction of sp³-hybridized carbons (Fsp3) is 0.125. The molecule has 0 spiro atoms. The fourth-order valence-corrected chi connectivity index (χ4v) is 5.27. The lowest BCUT2D eigenvalue weighted by Gasteiger charge is -2.39. The summed E-state index contributed by atoms with van der Waals surface area (Å²) in [5.41, 5.74) is 3.66. The van der Waals surface area contributed by atoms with E-state index in [1.54, 1.807) is 18.3 Å². The van der Waals surface area contributed by atoms with Gasteiger partial charge in [0, 0.05) is 17.0 Å². The molecule has 0 aliphatic carbocycles. The Morgan fingerprint density at radius 1 is 0.821 bits per heavy atom. The average Bonchev–Trinajstić information content (AvgIpc) is 3.00. The third-order valence-corrected chi connectivity index (χ3v) is 7.09. The van der Waals surface area contributed by atoms with E-state index in [-0.39, 0.29) is 6.42 Å². The molecule has 1 heterocycles. The molecule has 5 rings (SSSR count). The monoisotopic (exact) mass is 516 g/mol. The molecular weight excluding hydrogens is 487 g/mol. The molecule has 0 radical (unpaired) electrons. The smallest absolute Gasteiger partial charge is 0.468 e. The molecule has 1 unspecified atom stereocenters. The van der Waals surface area contributed by atoms with Gasteiger partial charge in [0.05, 0.1) is 18.2 Å². The first-order valence-electron chi connectivity index (χ1n) is 12.8. The average molecular weight is 516 g/mol. The quantitative estimate of drug-likeness (QED) is 0.158. The summed E-state index contributed by atoms with van der Waals surface area (Å²) in [6.07, 6.45) is 1.89. The summed E-state index contributed by atoms with van der Waals surface area (Å²) in [7, 11) is -0.273. The molecule has 6 nitrogen and oxygen atoms in total. The summed E-state index contributed by atoms with van der Waals surface area (Å²) in [6, 6.07) is 36.5. The number of methoxy groups -OCH3 is 1. The zero-order valence-electron chi connectivity index (χ0n) is 21.6. The molecule has 0 aliphatic heterocycles. The number of esters is 1. The minimum absolute atomic E-state index is 0.283. The van der Waals surface area contributed by atoms with Crippen LogP contribution in [0.15, 0.2) is 121 Å². The van der Waals surface area contributed by atoms with Gasteiger partial charge in [-0.2, -0.15) is 0 Å². The van der Waals surface area contributed by atoms with E-state index >= 15 is 0 Å². The van der Waals surface area contributed by atoms with Crippen molar-refractivity contribution in [2.24, 2.45) is 0 Å². The van der Waals surface area contributed by atoms with Gasteiger partial charge in [0.15, 0.2) is 0 Å². The summed E-state index contributed by atoms with van der Waals surface area (Å²) in [5.74, 6) is -0.412. The van der Waals surface area contributed by atoms with Gasteiger partial charge in [-0.05, 0) is 34.7 Å². The van der Waals surface area contributed by atoms with Crippen LogP contribution in [-0.2, 0) is 21.5 Å². The molecule has 0 bridgehead atoms. The van der Waals surface area contributed by atoms with Crippen molar-refractivity contribution in [3.05, 3.63) is 144 Å². The van der Waals surface area contributed by atoms with Crippen molar-refractivity contribution < 1.29 is 19.6 Å². The van der Waals surface area contributed by atoms with Crippen LogP contribution in [0.5, 0.6) is 0 Å². The molecule has 0 aliphatic rings. The molecule has 0 fully saturated rings. The third kappa shape index (κ3) is 5.20. The van der Waals surface area contributed by atoms with Crippen molar-refractivity contribution in [1.29, 1.82) is 0 Å². The van der Waals surface area contributed by atoms with Crippen LogP contribution >= 0.6 is 0 Å². The van der Waals surface area contributed by atoms with Gasteiger partial charge in [-0.25, -0.2) is 0 Å². The predicted octanol–water partition coefficient (Wildman–Crippen LogP) is 3.58. The van der Waals surface area contributed by atoms with Crippen LogP contribution in [0, 0.1) is 0 Å². The minimum Gasteiger partial charge on any atom is -0.468 e. The maximum atomic E-state index is 13.4. The summed E-state index contributed by atoms with van der Waals surface area (Å²) in [6.45, 7) is 0. The van der Waals surface area contributed by atoms with E-state index in [1.807, 2.05) is 66.7 Å². The van der Waals surface area contributed by atoms with Crippen LogP contribution in [0.3, 0.4) is 0 Å². The van der Waals surface area contributed by atoms with Crippen molar-refractivity contribution >= 4 is 29.5 Å². The van der Waals surface area contributed by atoms with E-state index < -0.39 is 24.7 Å². The Balaban J connectivity index is 1.69. The highest BCUT2D eigenvalue weighted by Crippen LogP contribution is 2.37. The Morgan fingerprint density at radius 2 is 1.36 bits per heavy atom. The van der Waals surface area contributed by atoms with Gasteiger partial charge in [0.2, 0.25) is 0 Å². The number of nitrogens with zero attached hydrogens (tertiary/aromatic N) is 1. The highest BCUT2D eigenvalue weighted by Gasteiger charge is 2.40. The number of pyridine rings is 1. The standard InChI is InChI=1S/C32H29BN2O4/c1-39-31(36)29(22-23-19-20-28(33(37)38)30-27(23)18-11-21-34-30)35-32(24-12-5-2-6-13-24,25-14-7-3-8-15-25)26-16-9-4-10-17-26/h2-21,29,35,37-38H,22H2,1H3. The normalized spacial score (nSPS) is 12.2. The molecule has 5 aromatic rings.